The Morgan fingerprint density at radius 2 is 1.26 bits per heavy atom. The van der Waals surface area contributed by atoms with Crippen LogP contribution < -0.4 is 0 Å². The van der Waals surface area contributed by atoms with Crippen molar-refractivity contribution in [2.45, 2.75) is 70.1 Å². The maximum Gasteiger partial charge on any atom is 0.200 e. The van der Waals surface area contributed by atoms with Gasteiger partial charge < -0.3 is 20.1 Å². The summed E-state index contributed by atoms with van der Waals surface area (Å²) in [6.45, 7) is 0.949. The second-order valence-electron chi connectivity index (χ2n) is 6.54. The van der Waals surface area contributed by atoms with Crippen molar-refractivity contribution in [3.05, 3.63) is 23.3 Å². The van der Waals surface area contributed by atoms with E-state index in [-0.39, 0.29) is 24.0 Å². The maximum atomic E-state index is 10.3. The van der Waals surface area contributed by atoms with E-state index in [1.165, 1.54) is 25.7 Å². The summed E-state index contributed by atoms with van der Waals surface area (Å²) < 4.78 is 7.26. The lowest BCUT2D eigenvalue weighted by molar-refractivity contribution is 0.0837. The van der Waals surface area contributed by atoms with Crippen LogP contribution in [0.5, 0.6) is 11.8 Å². The van der Waals surface area contributed by atoms with Crippen LogP contribution >= 0.6 is 0 Å². The number of hydrogen-bond donors (Lipinski definition) is 3. The monoisotopic (exact) mass is 321 g/mol. The van der Waals surface area contributed by atoms with Crippen LogP contribution in [-0.4, -0.2) is 26.5 Å². The molecule has 23 heavy (non-hydrogen) atoms. The first-order valence-electron chi connectivity index (χ1n) is 8.83. The van der Waals surface area contributed by atoms with Gasteiger partial charge in [0.25, 0.3) is 0 Å². The third-order valence-electron chi connectivity index (χ3n) is 4.90. The van der Waals surface area contributed by atoms with Crippen LogP contribution in [0, 0.1) is 0 Å². The van der Waals surface area contributed by atoms with Crippen LogP contribution in [0.2, 0.25) is 0 Å². The summed E-state index contributed by atoms with van der Waals surface area (Å²) in [4.78, 5) is 0. The molecule has 3 rings (SSSR count). The first-order chi connectivity index (χ1) is 11.2. The third kappa shape index (κ3) is 3.26. The van der Waals surface area contributed by atoms with Gasteiger partial charge in [0, 0.05) is 13.2 Å². The maximum absolute atomic E-state index is 10.3. The van der Waals surface area contributed by atoms with E-state index < -0.39 is 0 Å². The summed E-state index contributed by atoms with van der Waals surface area (Å²) in [6.07, 6.45) is 12.4. The lowest BCUT2D eigenvalue weighted by Crippen LogP contribution is -1.99. The average Bonchev–Trinajstić information content (AvgIpc) is 3.22. The molecule has 5 heteroatoms. The predicted octanol–water partition coefficient (Wildman–Crippen LogP) is 3.69. The van der Waals surface area contributed by atoms with Gasteiger partial charge in [0.15, 0.2) is 0 Å². The van der Waals surface area contributed by atoms with Gasteiger partial charge in [-0.05, 0) is 12.8 Å². The summed E-state index contributed by atoms with van der Waals surface area (Å²) in [5.41, 5.74) is 1.50. The molecule has 0 fully saturated rings. The third-order valence-corrected chi connectivity index (χ3v) is 4.90. The number of ether oxygens (including phenoxy) is 1. The van der Waals surface area contributed by atoms with Crippen molar-refractivity contribution in [3.8, 4) is 11.8 Å². The first kappa shape index (κ1) is 16.4. The fraction of sp³-hybridized carbons (Fsp3) is 0.667. The molecular weight excluding hydrogens is 294 g/mol. The molecule has 3 N–H and O–H groups in total. The van der Waals surface area contributed by atoms with E-state index in [0.717, 1.165) is 36.8 Å². The zero-order valence-electron chi connectivity index (χ0n) is 13.6. The van der Waals surface area contributed by atoms with Crippen LogP contribution in [-0.2, 0) is 11.3 Å². The van der Waals surface area contributed by atoms with E-state index >= 15 is 0 Å². The first-order valence-corrected chi connectivity index (χ1v) is 8.83. The Labute approximate surface area is 137 Å². The van der Waals surface area contributed by atoms with E-state index in [0.29, 0.717) is 13.2 Å². The molecule has 0 aromatic carbocycles. The minimum absolute atomic E-state index is 0.165. The van der Waals surface area contributed by atoms with Crippen LogP contribution in [0.3, 0.4) is 0 Å². The molecule has 3 heterocycles. The number of hydrogen-bond acceptors (Lipinski definition) is 4. The average molecular weight is 321 g/mol. The van der Waals surface area contributed by atoms with E-state index in [2.05, 4.69) is 0 Å². The van der Waals surface area contributed by atoms with Gasteiger partial charge in [-0.25, -0.2) is 0 Å². The summed E-state index contributed by atoms with van der Waals surface area (Å²) in [5.74, 6) is 0.330. The lowest BCUT2D eigenvalue weighted by atomic mass is 10.0. The topological polar surface area (TPSA) is 74.9 Å². The molecule has 128 valence electrons. The zero-order valence-corrected chi connectivity index (χ0v) is 13.6. The summed E-state index contributed by atoms with van der Waals surface area (Å²) in [5, 5.41) is 29.4. The standard InChI is InChI=1S/C18H27NO4/c20-12-8-6-4-2-1-3-5-7-11-19-17(21)15-13-9-10-14(23-13)16(15)18(19)22/h9-10,13-14,20-22H,1-8,11-12H2. The van der Waals surface area contributed by atoms with Gasteiger partial charge in [0.2, 0.25) is 11.8 Å². The van der Waals surface area contributed by atoms with Crippen molar-refractivity contribution in [1.82, 2.24) is 4.57 Å². The Morgan fingerprint density at radius 1 is 0.783 bits per heavy atom. The van der Waals surface area contributed by atoms with Gasteiger partial charge in [-0.2, -0.15) is 0 Å². The molecule has 2 bridgehead atoms. The van der Waals surface area contributed by atoms with E-state index in [9.17, 15) is 10.2 Å². The van der Waals surface area contributed by atoms with Crippen LogP contribution in [0.15, 0.2) is 12.2 Å². The van der Waals surface area contributed by atoms with Crippen molar-refractivity contribution in [1.29, 1.82) is 0 Å². The van der Waals surface area contributed by atoms with Gasteiger partial charge in [-0.3, -0.25) is 4.57 Å². The highest BCUT2D eigenvalue weighted by Gasteiger charge is 2.41. The van der Waals surface area contributed by atoms with Gasteiger partial charge >= 0.3 is 0 Å². The number of unbranched alkanes of at least 4 members (excludes halogenated alkanes) is 7. The Bertz CT molecular complexity index is 528. The van der Waals surface area contributed by atoms with Crippen LogP contribution in [0.1, 0.15) is 74.7 Å². The van der Waals surface area contributed by atoms with Crippen LogP contribution in [0.4, 0.5) is 0 Å². The van der Waals surface area contributed by atoms with Crippen molar-refractivity contribution in [2.75, 3.05) is 6.61 Å². The molecule has 2 aliphatic rings. The molecule has 2 aliphatic heterocycles. The molecular formula is C18H27NO4. The highest BCUT2D eigenvalue weighted by molar-refractivity contribution is 5.55. The normalized spacial score (nSPS) is 21.3. The van der Waals surface area contributed by atoms with E-state index in [1.807, 2.05) is 12.2 Å². The van der Waals surface area contributed by atoms with E-state index in [4.69, 9.17) is 9.84 Å². The summed E-state index contributed by atoms with van der Waals surface area (Å²) in [7, 11) is 0. The van der Waals surface area contributed by atoms with Crippen molar-refractivity contribution >= 4 is 0 Å². The molecule has 2 unspecified atom stereocenters. The Kier molecular flexibility index (Phi) is 5.28. The molecule has 1 aromatic heterocycles. The Hall–Kier alpha value is -1.46. The largest absolute Gasteiger partial charge is 0.494 e. The van der Waals surface area contributed by atoms with Crippen LogP contribution in [0.25, 0.3) is 0 Å². The number of aliphatic hydroxyl groups is 1. The predicted molar refractivity (Wildman–Crippen MR) is 87.5 cm³/mol. The molecule has 0 saturated heterocycles. The molecule has 0 saturated carbocycles. The molecule has 1 aromatic rings. The quantitative estimate of drug-likeness (QED) is 0.454. The number of aromatic hydroxyl groups is 2. The molecule has 2 atom stereocenters. The van der Waals surface area contributed by atoms with Crippen molar-refractivity contribution < 1.29 is 20.1 Å². The number of rotatable bonds is 10. The second-order valence-corrected chi connectivity index (χ2v) is 6.54. The summed E-state index contributed by atoms with van der Waals surface area (Å²) >= 11 is 0. The Morgan fingerprint density at radius 3 is 1.78 bits per heavy atom. The van der Waals surface area contributed by atoms with Gasteiger partial charge in [0.05, 0.1) is 11.1 Å². The highest BCUT2D eigenvalue weighted by Crippen LogP contribution is 2.54. The molecule has 0 amide bonds. The second kappa shape index (κ2) is 7.41. The van der Waals surface area contributed by atoms with Crippen molar-refractivity contribution in [2.24, 2.45) is 0 Å². The number of nitrogens with zero attached hydrogens (tertiary/aromatic N) is 1. The number of aromatic nitrogens is 1. The molecule has 0 radical (unpaired) electrons. The minimum Gasteiger partial charge on any atom is -0.494 e. The fourth-order valence-corrected chi connectivity index (χ4v) is 3.63. The highest BCUT2D eigenvalue weighted by atomic mass is 16.5. The molecule has 0 spiro atoms. The van der Waals surface area contributed by atoms with Crippen molar-refractivity contribution in [3.63, 3.8) is 0 Å². The smallest absolute Gasteiger partial charge is 0.200 e. The van der Waals surface area contributed by atoms with E-state index in [1.54, 1.807) is 4.57 Å². The molecule has 0 aliphatic carbocycles. The SMILES string of the molecule is OCCCCCCCCCCn1c(O)c2c(c1O)C1C=CC2O1. The Balaban J connectivity index is 1.41. The molecule has 5 nitrogen and oxygen atoms in total. The minimum atomic E-state index is -0.193. The number of fused-ring (bicyclic) bond motifs is 5. The lowest BCUT2D eigenvalue weighted by Gasteiger charge is -2.10. The summed E-state index contributed by atoms with van der Waals surface area (Å²) in [6, 6.07) is 0. The zero-order chi connectivity index (χ0) is 16.2. The fourth-order valence-electron chi connectivity index (χ4n) is 3.63. The van der Waals surface area contributed by atoms with Gasteiger partial charge in [-0.1, -0.05) is 50.7 Å². The van der Waals surface area contributed by atoms with Gasteiger partial charge in [0.1, 0.15) is 12.2 Å². The number of aliphatic hydroxyl groups excluding tert-OH is 1. The van der Waals surface area contributed by atoms with Gasteiger partial charge in [-0.15, -0.1) is 0 Å².